The highest BCUT2D eigenvalue weighted by Gasteiger charge is 2.03. The van der Waals surface area contributed by atoms with Gasteiger partial charge in [0.05, 0.1) is 0 Å². The van der Waals surface area contributed by atoms with E-state index in [9.17, 15) is 0 Å². The average Bonchev–Trinajstić information content (AvgIpc) is 2.74. The zero-order valence-corrected chi connectivity index (χ0v) is 9.64. The smallest absolute Gasteiger partial charge is 0.163 e. The van der Waals surface area contributed by atoms with Gasteiger partial charge in [0, 0.05) is 24.8 Å². The number of nitrogens with one attached hydrogen (secondary N) is 1. The standard InChI is InChI=1S/C12H16N4/c1-3-8-13-11-6-4-10(5-7-11)12-15-14-9-16(12)2/h4-7,9,13H,3,8H2,1-2H3. The minimum Gasteiger partial charge on any atom is -0.385 e. The topological polar surface area (TPSA) is 42.7 Å². The molecule has 1 N–H and O–H groups in total. The fourth-order valence-electron chi connectivity index (χ4n) is 1.55. The van der Waals surface area contributed by atoms with Crippen LogP contribution >= 0.6 is 0 Å². The monoisotopic (exact) mass is 216 g/mol. The van der Waals surface area contributed by atoms with Gasteiger partial charge >= 0.3 is 0 Å². The molecule has 1 heterocycles. The van der Waals surface area contributed by atoms with E-state index in [4.69, 9.17) is 0 Å². The lowest BCUT2D eigenvalue weighted by molar-refractivity contribution is 0.919. The number of hydrogen-bond donors (Lipinski definition) is 1. The van der Waals surface area contributed by atoms with Crippen molar-refractivity contribution in [1.29, 1.82) is 0 Å². The highest BCUT2D eigenvalue weighted by molar-refractivity contribution is 5.59. The lowest BCUT2D eigenvalue weighted by atomic mass is 10.2. The van der Waals surface area contributed by atoms with Crippen molar-refractivity contribution in [2.75, 3.05) is 11.9 Å². The van der Waals surface area contributed by atoms with Gasteiger partial charge in [-0.2, -0.15) is 0 Å². The van der Waals surface area contributed by atoms with E-state index in [-0.39, 0.29) is 0 Å². The molecule has 0 saturated heterocycles. The molecule has 1 aromatic carbocycles. The predicted octanol–water partition coefficient (Wildman–Crippen LogP) is 2.30. The first-order chi connectivity index (χ1) is 7.81. The number of hydrogen-bond acceptors (Lipinski definition) is 3. The highest BCUT2D eigenvalue weighted by Crippen LogP contribution is 2.18. The lowest BCUT2D eigenvalue weighted by Gasteiger charge is -2.05. The molecule has 0 bridgehead atoms. The molecule has 4 nitrogen and oxygen atoms in total. The van der Waals surface area contributed by atoms with Gasteiger partial charge in [0.15, 0.2) is 5.82 Å². The van der Waals surface area contributed by atoms with Crippen LogP contribution in [0, 0.1) is 0 Å². The fraction of sp³-hybridized carbons (Fsp3) is 0.333. The van der Waals surface area contributed by atoms with E-state index < -0.39 is 0 Å². The van der Waals surface area contributed by atoms with E-state index in [0.717, 1.165) is 30.0 Å². The molecule has 2 rings (SSSR count). The summed E-state index contributed by atoms with van der Waals surface area (Å²) in [7, 11) is 1.94. The van der Waals surface area contributed by atoms with E-state index in [1.165, 1.54) is 0 Å². The number of aromatic nitrogens is 3. The van der Waals surface area contributed by atoms with Crippen LogP contribution in [-0.2, 0) is 7.05 Å². The second-order valence-electron chi connectivity index (χ2n) is 3.77. The second-order valence-corrected chi connectivity index (χ2v) is 3.77. The third-order valence-electron chi connectivity index (χ3n) is 2.43. The summed E-state index contributed by atoms with van der Waals surface area (Å²) >= 11 is 0. The Morgan fingerprint density at radius 1 is 1.25 bits per heavy atom. The Balaban J connectivity index is 2.16. The molecule has 0 unspecified atom stereocenters. The van der Waals surface area contributed by atoms with Crippen molar-refractivity contribution in [2.24, 2.45) is 7.05 Å². The van der Waals surface area contributed by atoms with Gasteiger partial charge in [0.25, 0.3) is 0 Å². The average molecular weight is 216 g/mol. The molecule has 0 aliphatic rings. The van der Waals surface area contributed by atoms with Crippen LogP contribution in [0.4, 0.5) is 5.69 Å². The highest BCUT2D eigenvalue weighted by atomic mass is 15.2. The molecule has 0 aliphatic carbocycles. The first-order valence-electron chi connectivity index (χ1n) is 5.49. The van der Waals surface area contributed by atoms with Gasteiger partial charge in [0.1, 0.15) is 6.33 Å². The number of benzene rings is 1. The van der Waals surface area contributed by atoms with Crippen molar-refractivity contribution in [3.05, 3.63) is 30.6 Å². The molecular formula is C12H16N4. The van der Waals surface area contributed by atoms with Crippen molar-refractivity contribution in [1.82, 2.24) is 14.8 Å². The van der Waals surface area contributed by atoms with Crippen LogP contribution in [0.1, 0.15) is 13.3 Å². The number of anilines is 1. The molecular weight excluding hydrogens is 200 g/mol. The summed E-state index contributed by atoms with van der Waals surface area (Å²) in [6.07, 6.45) is 2.84. The molecule has 1 aromatic heterocycles. The molecule has 0 atom stereocenters. The Morgan fingerprint density at radius 3 is 2.56 bits per heavy atom. The van der Waals surface area contributed by atoms with E-state index in [1.54, 1.807) is 6.33 Å². The molecule has 0 amide bonds. The van der Waals surface area contributed by atoms with E-state index >= 15 is 0 Å². The summed E-state index contributed by atoms with van der Waals surface area (Å²) in [5.41, 5.74) is 2.23. The zero-order valence-electron chi connectivity index (χ0n) is 9.64. The maximum Gasteiger partial charge on any atom is 0.163 e. The fourth-order valence-corrected chi connectivity index (χ4v) is 1.55. The number of aryl methyl sites for hydroxylation is 1. The summed E-state index contributed by atoms with van der Waals surface area (Å²) in [4.78, 5) is 0. The molecule has 0 fully saturated rings. The molecule has 16 heavy (non-hydrogen) atoms. The summed E-state index contributed by atoms with van der Waals surface area (Å²) in [5.74, 6) is 0.891. The quantitative estimate of drug-likeness (QED) is 0.852. The van der Waals surface area contributed by atoms with Crippen molar-refractivity contribution in [2.45, 2.75) is 13.3 Å². The summed E-state index contributed by atoms with van der Waals surface area (Å²) in [6, 6.07) is 8.25. The van der Waals surface area contributed by atoms with Crippen molar-refractivity contribution in [3.8, 4) is 11.4 Å². The second kappa shape index (κ2) is 4.79. The van der Waals surface area contributed by atoms with Crippen LogP contribution < -0.4 is 5.32 Å². The molecule has 2 aromatic rings. The SMILES string of the molecule is CCCNc1ccc(-c2nncn2C)cc1. The zero-order chi connectivity index (χ0) is 11.4. The van der Waals surface area contributed by atoms with Crippen molar-refractivity contribution < 1.29 is 0 Å². The Hall–Kier alpha value is -1.84. The normalized spacial score (nSPS) is 10.4. The Morgan fingerprint density at radius 2 is 2.00 bits per heavy atom. The minimum atomic E-state index is 0.891. The molecule has 84 valence electrons. The maximum atomic E-state index is 4.07. The third kappa shape index (κ3) is 2.21. The number of rotatable bonds is 4. The van der Waals surface area contributed by atoms with Gasteiger partial charge in [-0.25, -0.2) is 0 Å². The Labute approximate surface area is 95.3 Å². The largest absolute Gasteiger partial charge is 0.385 e. The van der Waals surface area contributed by atoms with Crippen molar-refractivity contribution in [3.63, 3.8) is 0 Å². The van der Waals surface area contributed by atoms with Crippen LogP contribution in [0.15, 0.2) is 30.6 Å². The maximum absolute atomic E-state index is 4.07. The van der Waals surface area contributed by atoms with Gasteiger partial charge in [-0.3, -0.25) is 0 Å². The summed E-state index contributed by atoms with van der Waals surface area (Å²) in [5, 5.41) is 11.3. The molecule has 4 heteroatoms. The molecule has 0 spiro atoms. The summed E-state index contributed by atoms with van der Waals surface area (Å²) < 4.78 is 1.91. The van der Waals surface area contributed by atoms with E-state index in [2.05, 4.69) is 46.7 Å². The summed E-state index contributed by atoms with van der Waals surface area (Å²) in [6.45, 7) is 3.16. The molecule has 0 radical (unpaired) electrons. The van der Waals surface area contributed by atoms with Gasteiger partial charge in [-0.15, -0.1) is 10.2 Å². The van der Waals surface area contributed by atoms with Crippen molar-refractivity contribution >= 4 is 5.69 Å². The number of nitrogens with zero attached hydrogens (tertiary/aromatic N) is 3. The third-order valence-corrected chi connectivity index (χ3v) is 2.43. The Kier molecular flexibility index (Phi) is 3.19. The minimum absolute atomic E-state index is 0.891. The molecule has 0 aliphatic heterocycles. The first-order valence-corrected chi connectivity index (χ1v) is 5.49. The van der Waals surface area contributed by atoms with Crippen LogP contribution in [0.5, 0.6) is 0 Å². The van der Waals surface area contributed by atoms with E-state index in [1.807, 2.05) is 11.6 Å². The van der Waals surface area contributed by atoms with Gasteiger partial charge < -0.3 is 9.88 Å². The first kappa shape index (κ1) is 10.7. The van der Waals surface area contributed by atoms with Crippen LogP contribution in [-0.4, -0.2) is 21.3 Å². The van der Waals surface area contributed by atoms with Crippen LogP contribution in [0.2, 0.25) is 0 Å². The predicted molar refractivity (Wildman–Crippen MR) is 65.2 cm³/mol. The Bertz CT molecular complexity index is 444. The molecule has 0 saturated carbocycles. The lowest BCUT2D eigenvalue weighted by Crippen LogP contribution is -1.99. The van der Waals surface area contributed by atoms with E-state index in [0.29, 0.717) is 0 Å². The van der Waals surface area contributed by atoms with Gasteiger partial charge in [-0.05, 0) is 30.7 Å². The van der Waals surface area contributed by atoms with Gasteiger partial charge in [0.2, 0.25) is 0 Å². The van der Waals surface area contributed by atoms with Crippen LogP contribution in [0.25, 0.3) is 11.4 Å². The van der Waals surface area contributed by atoms with Gasteiger partial charge in [-0.1, -0.05) is 6.92 Å². The van der Waals surface area contributed by atoms with Crippen LogP contribution in [0.3, 0.4) is 0 Å².